The first-order valence-electron chi connectivity index (χ1n) is 11.4. The first-order chi connectivity index (χ1) is 17.0. The van der Waals surface area contributed by atoms with Crippen LogP contribution in [0.3, 0.4) is 0 Å². The van der Waals surface area contributed by atoms with E-state index in [1.807, 2.05) is 48.5 Å². The molecule has 3 aromatic carbocycles. The molecule has 0 saturated carbocycles. The van der Waals surface area contributed by atoms with Crippen molar-refractivity contribution in [2.45, 2.75) is 12.1 Å². The summed E-state index contributed by atoms with van der Waals surface area (Å²) in [7, 11) is 0. The van der Waals surface area contributed by atoms with Gasteiger partial charge in [-0.2, -0.15) is 5.26 Å². The molecule has 0 aliphatic carbocycles. The fourth-order valence-electron chi connectivity index (χ4n) is 4.53. The Hall–Kier alpha value is -2.79. The van der Waals surface area contributed by atoms with Gasteiger partial charge in [-0.15, -0.1) is 0 Å². The summed E-state index contributed by atoms with van der Waals surface area (Å²) in [5.74, 6) is 0.607. The average molecular weight is 512 g/mol. The monoisotopic (exact) mass is 511 g/mol. The Balaban J connectivity index is 1.64. The van der Waals surface area contributed by atoms with Gasteiger partial charge in [-0.3, -0.25) is 4.90 Å². The average Bonchev–Trinajstić information content (AvgIpc) is 2.89. The maximum atomic E-state index is 10.3. The fourth-order valence-corrected chi connectivity index (χ4v) is 4.94. The molecule has 182 valence electrons. The van der Waals surface area contributed by atoms with Crippen molar-refractivity contribution < 1.29 is 14.9 Å². The lowest BCUT2D eigenvalue weighted by Crippen LogP contribution is -2.50. The van der Waals surface area contributed by atoms with Crippen molar-refractivity contribution in [1.82, 2.24) is 4.90 Å². The zero-order chi connectivity index (χ0) is 24.8. The molecular weight excluding hydrogens is 485 g/mol. The van der Waals surface area contributed by atoms with E-state index in [9.17, 15) is 5.11 Å². The Bertz CT molecular complexity index is 1170. The van der Waals surface area contributed by atoms with Crippen LogP contribution in [-0.4, -0.2) is 54.6 Å². The van der Waals surface area contributed by atoms with E-state index in [2.05, 4.69) is 15.9 Å². The number of hydrogen-bond acceptors (Lipinski definition) is 6. The number of aliphatic hydroxyl groups excluding tert-OH is 2. The maximum absolute atomic E-state index is 10.3. The van der Waals surface area contributed by atoms with Crippen molar-refractivity contribution in [1.29, 1.82) is 5.26 Å². The maximum Gasteiger partial charge on any atom is 0.121 e. The zero-order valence-corrected chi connectivity index (χ0v) is 20.7. The quantitative estimate of drug-likeness (QED) is 0.450. The van der Waals surface area contributed by atoms with Gasteiger partial charge in [-0.1, -0.05) is 47.5 Å². The Morgan fingerprint density at radius 2 is 1.74 bits per heavy atom. The molecule has 0 spiro atoms. The number of hydrogen-bond donors (Lipinski definition) is 2. The van der Waals surface area contributed by atoms with Gasteiger partial charge in [0.15, 0.2) is 0 Å². The minimum absolute atomic E-state index is 0.0309. The predicted octanol–water partition coefficient (Wildman–Crippen LogP) is 4.83. The van der Waals surface area contributed by atoms with E-state index < -0.39 is 0 Å². The topological polar surface area (TPSA) is 80.0 Å². The zero-order valence-electron chi connectivity index (χ0n) is 19.1. The minimum atomic E-state index is -0.190. The summed E-state index contributed by atoms with van der Waals surface area (Å²) in [6.07, 6.45) is 0. The molecule has 8 heteroatoms. The molecule has 4 rings (SSSR count). The highest BCUT2D eigenvalue weighted by molar-refractivity contribution is 6.33. The summed E-state index contributed by atoms with van der Waals surface area (Å²) < 4.78 is 5.51. The minimum Gasteiger partial charge on any atom is -0.491 e. The Morgan fingerprint density at radius 3 is 2.37 bits per heavy atom. The molecule has 35 heavy (non-hydrogen) atoms. The molecule has 1 fully saturated rings. The number of rotatable bonds is 8. The van der Waals surface area contributed by atoms with Gasteiger partial charge in [0.2, 0.25) is 0 Å². The molecule has 0 aromatic heterocycles. The largest absolute Gasteiger partial charge is 0.491 e. The molecule has 1 saturated heterocycles. The molecular formula is C27H27Cl2N3O3. The Kier molecular flexibility index (Phi) is 8.50. The van der Waals surface area contributed by atoms with Crippen molar-refractivity contribution in [3.05, 3.63) is 93.5 Å². The van der Waals surface area contributed by atoms with E-state index in [4.69, 9.17) is 38.3 Å². The molecule has 1 aliphatic rings. The molecule has 1 aliphatic heterocycles. The summed E-state index contributed by atoms with van der Waals surface area (Å²) in [5.41, 5.74) is 3.54. The van der Waals surface area contributed by atoms with E-state index in [1.54, 1.807) is 18.2 Å². The van der Waals surface area contributed by atoms with Gasteiger partial charge in [-0.25, -0.2) is 0 Å². The number of piperazine rings is 1. The number of halogens is 2. The van der Waals surface area contributed by atoms with Crippen LogP contribution in [-0.2, 0) is 0 Å². The highest BCUT2D eigenvalue weighted by Gasteiger charge is 2.33. The second-order valence-electron chi connectivity index (χ2n) is 8.37. The smallest absolute Gasteiger partial charge is 0.121 e. The standard InChI is InChI=1S/C27H27Cl2N3O3/c28-22-7-5-20(6-8-22)26-17-31(27(18-34)21-3-1-19(16-30)2-4-21)11-12-32(26)25-10-9-23(15-24(25)29)35-14-13-33/h1-10,15,26-27,33-34H,11-14,17-18H2/t26-,27-/m0/s1. The molecule has 1 heterocycles. The molecule has 3 aromatic rings. The SMILES string of the molecule is N#Cc1ccc([C@H](CO)N2CCN(c3ccc(OCCO)cc3Cl)[C@H](c3ccc(Cl)cc3)C2)cc1. The summed E-state index contributed by atoms with van der Waals surface area (Å²) in [6, 6.07) is 22.7. The van der Waals surface area contributed by atoms with Crippen molar-refractivity contribution in [3.63, 3.8) is 0 Å². The van der Waals surface area contributed by atoms with Crippen LogP contribution < -0.4 is 9.64 Å². The van der Waals surface area contributed by atoms with E-state index in [0.717, 1.165) is 16.8 Å². The van der Waals surface area contributed by atoms with Crippen LogP contribution in [0.1, 0.15) is 28.8 Å². The van der Waals surface area contributed by atoms with Crippen molar-refractivity contribution >= 4 is 28.9 Å². The van der Waals surface area contributed by atoms with E-state index in [-0.39, 0.29) is 31.9 Å². The predicted molar refractivity (Wildman–Crippen MR) is 138 cm³/mol. The van der Waals surface area contributed by atoms with Crippen molar-refractivity contribution in [2.75, 3.05) is 44.4 Å². The molecule has 6 nitrogen and oxygen atoms in total. The van der Waals surface area contributed by atoms with Gasteiger partial charge in [0.05, 0.1) is 47.6 Å². The molecule has 0 unspecified atom stereocenters. The van der Waals surface area contributed by atoms with Crippen LogP contribution in [0.15, 0.2) is 66.7 Å². The summed E-state index contributed by atoms with van der Waals surface area (Å²) in [6.45, 7) is 2.18. The van der Waals surface area contributed by atoms with Gasteiger partial charge >= 0.3 is 0 Å². The number of nitriles is 1. The van der Waals surface area contributed by atoms with Gasteiger partial charge < -0.3 is 19.8 Å². The lowest BCUT2D eigenvalue weighted by molar-refractivity contribution is 0.103. The van der Waals surface area contributed by atoms with Gasteiger partial charge in [0.25, 0.3) is 0 Å². The first kappa shape index (κ1) is 25.3. The fraction of sp³-hybridized carbons (Fsp3) is 0.296. The lowest BCUT2D eigenvalue weighted by atomic mass is 9.97. The highest BCUT2D eigenvalue weighted by atomic mass is 35.5. The van der Waals surface area contributed by atoms with E-state index >= 15 is 0 Å². The second kappa shape index (κ2) is 11.8. The van der Waals surface area contributed by atoms with Crippen molar-refractivity contribution in [3.8, 4) is 11.8 Å². The molecule has 2 N–H and O–H groups in total. The lowest BCUT2D eigenvalue weighted by Gasteiger charge is -2.46. The Labute approximate surface area is 215 Å². The van der Waals surface area contributed by atoms with Crippen LogP contribution in [0.25, 0.3) is 0 Å². The van der Waals surface area contributed by atoms with Crippen molar-refractivity contribution in [2.24, 2.45) is 0 Å². The van der Waals surface area contributed by atoms with Crippen LogP contribution in [0.4, 0.5) is 5.69 Å². The number of nitrogens with zero attached hydrogens (tertiary/aromatic N) is 3. The number of aliphatic hydroxyl groups is 2. The van der Waals surface area contributed by atoms with Crippen LogP contribution in [0.2, 0.25) is 10.0 Å². The number of ether oxygens (including phenoxy) is 1. The summed E-state index contributed by atoms with van der Waals surface area (Å²) in [5, 5.41) is 29.7. The van der Waals surface area contributed by atoms with E-state index in [1.165, 1.54) is 0 Å². The highest BCUT2D eigenvalue weighted by Crippen LogP contribution is 2.39. The van der Waals surface area contributed by atoms with Crippen LogP contribution >= 0.6 is 23.2 Å². The second-order valence-corrected chi connectivity index (χ2v) is 9.22. The van der Waals surface area contributed by atoms with Gasteiger partial charge in [-0.05, 0) is 47.5 Å². The third-order valence-corrected chi connectivity index (χ3v) is 6.85. The first-order valence-corrected chi connectivity index (χ1v) is 12.2. The summed E-state index contributed by atoms with van der Waals surface area (Å²) >= 11 is 12.8. The van der Waals surface area contributed by atoms with Gasteiger partial charge in [0, 0.05) is 30.7 Å². The van der Waals surface area contributed by atoms with Crippen LogP contribution in [0.5, 0.6) is 5.75 Å². The van der Waals surface area contributed by atoms with E-state index in [0.29, 0.717) is 41.0 Å². The van der Waals surface area contributed by atoms with Crippen LogP contribution in [0, 0.1) is 11.3 Å². The third kappa shape index (κ3) is 5.90. The number of anilines is 1. The molecule has 0 radical (unpaired) electrons. The normalized spacial score (nSPS) is 17.1. The molecule has 0 bridgehead atoms. The Morgan fingerprint density at radius 1 is 1.00 bits per heavy atom. The number of benzene rings is 3. The summed E-state index contributed by atoms with van der Waals surface area (Å²) in [4.78, 5) is 4.54. The molecule has 2 atom stereocenters. The third-order valence-electron chi connectivity index (χ3n) is 6.29. The van der Waals surface area contributed by atoms with Gasteiger partial charge in [0.1, 0.15) is 12.4 Å². The molecule has 0 amide bonds.